The van der Waals surface area contributed by atoms with Gasteiger partial charge in [0.1, 0.15) is 11.3 Å². The Morgan fingerprint density at radius 3 is 2.70 bits per heavy atom. The summed E-state index contributed by atoms with van der Waals surface area (Å²) < 4.78 is 32.7. The van der Waals surface area contributed by atoms with E-state index in [1.165, 1.54) is 19.2 Å². The van der Waals surface area contributed by atoms with Crippen molar-refractivity contribution in [3.05, 3.63) is 70.0 Å². The van der Waals surface area contributed by atoms with Gasteiger partial charge in [-0.25, -0.2) is 17.9 Å². The second-order valence-electron chi connectivity index (χ2n) is 5.72. The SMILES string of the molecule is COc1cccc(CNS(=O)(=O)c2ccc3[nH]cc(C(=O)O)c(=O)c3c2)c1. The van der Waals surface area contributed by atoms with Gasteiger partial charge in [-0.3, -0.25) is 4.79 Å². The first-order valence-electron chi connectivity index (χ1n) is 7.83. The zero-order valence-corrected chi connectivity index (χ0v) is 15.0. The van der Waals surface area contributed by atoms with Gasteiger partial charge in [0, 0.05) is 23.6 Å². The van der Waals surface area contributed by atoms with Crippen LogP contribution in [0.5, 0.6) is 5.75 Å². The lowest BCUT2D eigenvalue weighted by Gasteiger charge is -2.09. The van der Waals surface area contributed by atoms with E-state index in [2.05, 4.69) is 9.71 Å². The number of carboxylic acids is 1. The highest BCUT2D eigenvalue weighted by Crippen LogP contribution is 2.17. The van der Waals surface area contributed by atoms with Crippen LogP contribution in [0.1, 0.15) is 15.9 Å². The van der Waals surface area contributed by atoms with Gasteiger partial charge in [-0.1, -0.05) is 12.1 Å². The van der Waals surface area contributed by atoms with E-state index < -0.39 is 27.0 Å². The molecule has 3 rings (SSSR count). The highest BCUT2D eigenvalue weighted by atomic mass is 32.2. The van der Waals surface area contributed by atoms with Crippen molar-refractivity contribution < 1.29 is 23.1 Å². The van der Waals surface area contributed by atoms with Crippen molar-refractivity contribution in [2.45, 2.75) is 11.4 Å². The zero-order chi connectivity index (χ0) is 19.6. The third-order valence-electron chi connectivity index (χ3n) is 3.99. The summed E-state index contributed by atoms with van der Waals surface area (Å²) in [6, 6.07) is 10.9. The first-order chi connectivity index (χ1) is 12.8. The van der Waals surface area contributed by atoms with E-state index >= 15 is 0 Å². The minimum absolute atomic E-state index is 0.0147. The maximum absolute atomic E-state index is 12.6. The van der Waals surface area contributed by atoms with Gasteiger partial charge in [0.05, 0.1) is 12.0 Å². The van der Waals surface area contributed by atoms with Crippen LogP contribution in [0.25, 0.3) is 10.9 Å². The predicted octanol–water partition coefficient (Wildman–Crippen LogP) is 1.71. The van der Waals surface area contributed by atoms with Crippen molar-refractivity contribution in [2.75, 3.05) is 7.11 Å². The van der Waals surface area contributed by atoms with Crippen LogP contribution < -0.4 is 14.9 Å². The fourth-order valence-corrected chi connectivity index (χ4v) is 3.61. The topological polar surface area (TPSA) is 126 Å². The lowest BCUT2D eigenvalue weighted by Crippen LogP contribution is -2.23. The average molecular weight is 388 g/mol. The van der Waals surface area contributed by atoms with Crippen LogP contribution in [0.4, 0.5) is 0 Å². The molecule has 0 amide bonds. The fraction of sp³-hybridized carbons (Fsp3) is 0.111. The number of H-pyrrole nitrogens is 1. The third kappa shape index (κ3) is 3.83. The van der Waals surface area contributed by atoms with Crippen LogP contribution >= 0.6 is 0 Å². The highest BCUT2D eigenvalue weighted by Gasteiger charge is 2.17. The molecule has 0 fully saturated rings. The fourth-order valence-electron chi connectivity index (χ4n) is 2.57. The van der Waals surface area contributed by atoms with Crippen molar-refractivity contribution >= 4 is 26.9 Å². The molecular formula is C18H16N2O6S. The van der Waals surface area contributed by atoms with Crippen LogP contribution in [-0.4, -0.2) is 31.6 Å². The number of benzene rings is 2. The maximum atomic E-state index is 12.6. The van der Waals surface area contributed by atoms with Crippen LogP contribution in [0, 0.1) is 0 Å². The summed E-state index contributed by atoms with van der Waals surface area (Å²) in [5.41, 5.74) is -0.163. The zero-order valence-electron chi connectivity index (χ0n) is 14.2. The number of nitrogens with one attached hydrogen (secondary N) is 2. The number of carboxylic acid groups (broad SMARTS) is 1. The summed E-state index contributed by atoms with van der Waals surface area (Å²) >= 11 is 0. The van der Waals surface area contributed by atoms with Crippen molar-refractivity contribution in [3.63, 3.8) is 0 Å². The Kier molecular flexibility index (Phi) is 4.98. The highest BCUT2D eigenvalue weighted by molar-refractivity contribution is 7.89. The number of aromatic amines is 1. The van der Waals surface area contributed by atoms with E-state index in [9.17, 15) is 18.0 Å². The van der Waals surface area contributed by atoms with Gasteiger partial charge in [0.15, 0.2) is 0 Å². The number of aromatic nitrogens is 1. The summed E-state index contributed by atoms with van der Waals surface area (Å²) in [6.07, 6.45) is 1.09. The number of carbonyl (C=O) groups is 1. The van der Waals surface area contributed by atoms with Gasteiger partial charge in [0.25, 0.3) is 0 Å². The molecule has 9 heteroatoms. The normalized spacial score (nSPS) is 11.4. The minimum atomic E-state index is -3.91. The van der Waals surface area contributed by atoms with Gasteiger partial charge >= 0.3 is 5.97 Å². The number of hydrogen-bond acceptors (Lipinski definition) is 5. The quantitative estimate of drug-likeness (QED) is 0.590. The molecule has 0 aliphatic heterocycles. The molecule has 0 unspecified atom stereocenters. The minimum Gasteiger partial charge on any atom is -0.497 e. The van der Waals surface area contributed by atoms with E-state index in [1.54, 1.807) is 24.3 Å². The summed E-state index contributed by atoms with van der Waals surface area (Å²) in [5.74, 6) is -0.785. The lowest BCUT2D eigenvalue weighted by molar-refractivity contribution is 0.0695. The number of ether oxygens (including phenoxy) is 1. The van der Waals surface area contributed by atoms with E-state index in [1.807, 2.05) is 0 Å². The molecule has 0 bridgehead atoms. The first kappa shape index (κ1) is 18.6. The Bertz CT molecular complexity index is 1180. The van der Waals surface area contributed by atoms with Crippen molar-refractivity contribution in [1.82, 2.24) is 9.71 Å². The van der Waals surface area contributed by atoms with Crippen molar-refractivity contribution in [2.24, 2.45) is 0 Å². The number of hydrogen-bond donors (Lipinski definition) is 3. The smallest absolute Gasteiger partial charge is 0.341 e. The summed E-state index contributed by atoms with van der Waals surface area (Å²) in [7, 11) is -2.40. The Morgan fingerprint density at radius 1 is 1.22 bits per heavy atom. The van der Waals surface area contributed by atoms with Crippen LogP contribution in [-0.2, 0) is 16.6 Å². The largest absolute Gasteiger partial charge is 0.497 e. The summed E-state index contributed by atoms with van der Waals surface area (Å²) in [6.45, 7) is 0.0308. The van der Waals surface area contributed by atoms with Crippen molar-refractivity contribution in [3.8, 4) is 5.75 Å². The van der Waals surface area contributed by atoms with Gasteiger partial charge in [-0.05, 0) is 35.9 Å². The number of sulfonamides is 1. The number of rotatable bonds is 6. The summed E-state index contributed by atoms with van der Waals surface area (Å²) in [4.78, 5) is 25.9. The lowest BCUT2D eigenvalue weighted by atomic mass is 10.1. The van der Waals surface area contributed by atoms with Crippen LogP contribution in [0.3, 0.4) is 0 Å². The van der Waals surface area contributed by atoms with Crippen LogP contribution in [0.2, 0.25) is 0 Å². The molecular weight excluding hydrogens is 372 g/mol. The van der Waals surface area contributed by atoms with E-state index in [-0.39, 0.29) is 16.8 Å². The molecule has 0 radical (unpaired) electrons. The Hall–Kier alpha value is -3.17. The monoisotopic (exact) mass is 388 g/mol. The maximum Gasteiger partial charge on any atom is 0.341 e. The van der Waals surface area contributed by atoms with Gasteiger partial charge in [-0.15, -0.1) is 0 Å². The molecule has 3 aromatic rings. The second-order valence-corrected chi connectivity index (χ2v) is 7.49. The molecule has 3 N–H and O–H groups in total. The predicted molar refractivity (Wildman–Crippen MR) is 98.5 cm³/mol. The number of methoxy groups -OCH3 is 1. The molecule has 2 aromatic carbocycles. The number of fused-ring (bicyclic) bond motifs is 1. The first-order valence-corrected chi connectivity index (χ1v) is 9.31. The van der Waals surface area contributed by atoms with Gasteiger partial charge in [0.2, 0.25) is 15.5 Å². The molecule has 140 valence electrons. The van der Waals surface area contributed by atoms with E-state index in [4.69, 9.17) is 9.84 Å². The van der Waals surface area contributed by atoms with Gasteiger partial charge in [-0.2, -0.15) is 0 Å². The molecule has 0 saturated carbocycles. The molecule has 0 aliphatic rings. The molecule has 1 aromatic heterocycles. The van der Waals surface area contributed by atoms with Crippen LogP contribution in [0.15, 0.2) is 58.4 Å². The molecule has 0 saturated heterocycles. The Morgan fingerprint density at radius 2 is 2.00 bits per heavy atom. The molecule has 27 heavy (non-hydrogen) atoms. The number of aromatic carboxylic acids is 1. The van der Waals surface area contributed by atoms with E-state index in [0.29, 0.717) is 16.8 Å². The Labute approximate surface area is 154 Å². The molecule has 0 spiro atoms. The van der Waals surface area contributed by atoms with E-state index in [0.717, 1.165) is 12.3 Å². The molecule has 8 nitrogen and oxygen atoms in total. The van der Waals surface area contributed by atoms with Gasteiger partial charge < -0.3 is 14.8 Å². The summed E-state index contributed by atoms with van der Waals surface area (Å²) in [5, 5.41) is 9.03. The molecule has 1 heterocycles. The second kappa shape index (κ2) is 7.22. The standard InChI is InChI=1S/C18H16N2O6S/c1-26-12-4-2-3-11(7-12)9-20-27(24,25)13-5-6-16-14(8-13)17(21)15(10-19-16)18(22)23/h2-8,10,20H,9H2,1H3,(H,19,21)(H,22,23). The third-order valence-corrected chi connectivity index (χ3v) is 5.39. The molecule has 0 aliphatic carbocycles. The average Bonchev–Trinajstić information content (AvgIpc) is 2.66. The molecule has 0 atom stereocenters. The number of pyridine rings is 1. The Balaban J connectivity index is 1.94. The van der Waals surface area contributed by atoms with Crippen molar-refractivity contribution in [1.29, 1.82) is 0 Å².